The highest BCUT2D eigenvalue weighted by molar-refractivity contribution is 5.61. The lowest BCUT2D eigenvalue weighted by Crippen LogP contribution is -2.19. The van der Waals surface area contributed by atoms with E-state index in [0.29, 0.717) is 5.56 Å². The van der Waals surface area contributed by atoms with Gasteiger partial charge in [0.1, 0.15) is 5.82 Å². The Hall–Kier alpha value is -2.18. The van der Waals surface area contributed by atoms with E-state index in [1.807, 2.05) is 0 Å². The van der Waals surface area contributed by atoms with Crippen LogP contribution in [0, 0.1) is 5.82 Å². The summed E-state index contributed by atoms with van der Waals surface area (Å²) in [5.74, 6) is -0.491. The standard InChI is InChI=1S/C16H15F4N3/c17-11-7-5-10(6-8-11)13-9-14(16(18,19)20)23-15(22-13)21-12-3-1-2-4-12/h5-9,12H,1-4H2,(H,21,22,23). The molecule has 0 unspecified atom stereocenters. The Bertz CT molecular complexity index is 677. The Balaban J connectivity index is 1.98. The van der Waals surface area contributed by atoms with Crippen molar-refractivity contribution in [2.75, 3.05) is 5.32 Å². The number of rotatable bonds is 3. The summed E-state index contributed by atoms with van der Waals surface area (Å²) < 4.78 is 52.2. The molecular weight excluding hydrogens is 310 g/mol. The van der Waals surface area contributed by atoms with Gasteiger partial charge in [0.2, 0.25) is 5.95 Å². The monoisotopic (exact) mass is 325 g/mol. The number of hydrogen-bond donors (Lipinski definition) is 1. The van der Waals surface area contributed by atoms with E-state index in [1.54, 1.807) is 0 Å². The summed E-state index contributed by atoms with van der Waals surface area (Å²) in [6.45, 7) is 0. The second-order valence-corrected chi connectivity index (χ2v) is 5.59. The highest BCUT2D eigenvalue weighted by Crippen LogP contribution is 2.32. The minimum atomic E-state index is -4.57. The maximum Gasteiger partial charge on any atom is 0.433 e. The SMILES string of the molecule is Fc1ccc(-c2cc(C(F)(F)F)nc(NC3CCCC3)n2)cc1. The molecule has 0 bridgehead atoms. The molecule has 1 fully saturated rings. The normalized spacial score (nSPS) is 15.8. The largest absolute Gasteiger partial charge is 0.433 e. The number of benzene rings is 1. The summed E-state index contributed by atoms with van der Waals surface area (Å²) in [7, 11) is 0. The number of hydrogen-bond acceptors (Lipinski definition) is 3. The molecule has 0 spiro atoms. The van der Waals surface area contributed by atoms with Crippen LogP contribution in [0.15, 0.2) is 30.3 Å². The maximum absolute atomic E-state index is 13.1. The maximum atomic E-state index is 13.1. The van der Waals surface area contributed by atoms with Crippen molar-refractivity contribution in [3.8, 4) is 11.3 Å². The van der Waals surface area contributed by atoms with Crippen LogP contribution >= 0.6 is 0 Å². The molecule has 1 N–H and O–H groups in total. The molecule has 1 heterocycles. The van der Waals surface area contributed by atoms with Gasteiger partial charge in [-0.3, -0.25) is 0 Å². The van der Waals surface area contributed by atoms with Crippen LogP contribution in [0.2, 0.25) is 0 Å². The van der Waals surface area contributed by atoms with E-state index in [2.05, 4.69) is 15.3 Å². The molecule has 3 nitrogen and oxygen atoms in total. The summed E-state index contributed by atoms with van der Waals surface area (Å²) in [4.78, 5) is 7.76. The van der Waals surface area contributed by atoms with Crippen molar-refractivity contribution in [3.05, 3.63) is 41.8 Å². The predicted octanol–water partition coefficient (Wildman–Crippen LogP) is 4.66. The first-order chi connectivity index (χ1) is 10.9. The van der Waals surface area contributed by atoms with Gasteiger partial charge in [-0.2, -0.15) is 13.2 Å². The third kappa shape index (κ3) is 3.78. The summed E-state index contributed by atoms with van der Waals surface area (Å²) in [6.07, 6.45) is -0.691. The lowest BCUT2D eigenvalue weighted by molar-refractivity contribution is -0.141. The van der Waals surface area contributed by atoms with Gasteiger partial charge in [-0.1, -0.05) is 12.8 Å². The second-order valence-electron chi connectivity index (χ2n) is 5.59. The molecule has 0 radical (unpaired) electrons. The van der Waals surface area contributed by atoms with Gasteiger partial charge in [0.25, 0.3) is 0 Å². The Morgan fingerprint density at radius 3 is 2.26 bits per heavy atom. The topological polar surface area (TPSA) is 37.8 Å². The molecule has 3 rings (SSSR count). The number of nitrogens with one attached hydrogen (secondary N) is 1. The molecule has 1 aromatic carbocycles. The van der Waals surface area contributed by atoms with Crippen LogP contribution in [-0.2, 0) is 6.18 Å². The van der Waals surface area contributed by atoms with Crippen molar-refractivity contribution in [2.45, 2.75) is 37.9 Å². The zero-order chi connectivity index (χ0) is 16.4. The molecule has 1 aromatic heterocycles. The average molecular weight is 325 g/mol. The van der Waals surface area contributed by atoms with Crippen molar-refractivity contribution in [1.82, 2.24) is 9.97 Å². The molecular formula is C16H15F4N3. The first kappa shape index (κ1) is 15.7. The van der Waals surface area contributed by atoms with Gasteiger partial charge in [-0.25, -0.2) is 14.4 Å². The lowest BCUT2D eigenvalue weighted by Gasteiger charge is -2.15. The molecule has 0 saturated heterocycles. The number of aromatic nitrogens is 2. The van der Waals surface area contributed by atoms with Crippen molar-refractivity contribution in [3.63, 3.8) is 0 Å². The Morgan fingerprint density at radius 2 is 1.65 bits per heavy atom. The van der Waals surface area contributed by atoms with Gasteiger partial charge < -0.3 is 5.32 Å². The van der Waals surface area contributed by atoms with Gasteiger partial charge in [-0.05, 0) is 43.2 Å². The molecule has 122 valence electrons. The number of halogens is 4. The zero-order valence-electron chi connectivity index (χ0n) is 12.2. The van der Waals surface area contributed by atoms with E-state index in [1.165, 1.54) is 24.3 Å². The van der Waals surface area contributed by atoms with E-state index in [0.717, 1.165) is 31.7 Å². The minimum absolute atomic E-state index is 0.0361. The summed E-state index contributed by atoms with van der Waals surface area (Å²) in [6, 6.07) is 6.16. The summed E-state index contributed by atoms with van der Waals surface area (Å²) in [5, 5.41) is 2.98. The van der Waals surface area contributed by atoms with E-state index < -0.39 is 17.7 Å². The first-order valence-electron chi connectivity index (χ1n) is 7.40. The summed E-state index contributed by atoms with van der Waals surface area (Å²) >= 11 is 0. The molecule has 1 aliphatic carbocycles. The second kappa shape index (κ2) is 6.14. The average Bonchev–Trinajstić information content (AvgIpc) is 2.99. The fourth-order valence-electron chi connectivity index (χ4n) is 2.68. The quantitative estimate of drug-likeness (QED) is 0.834. The Morgan fingerprint density at radius 1 is 1.00 bits per heavy atom. The van der Waals surface area contributed by atoms with Crippen LogP contribution in [0.4, 0.5) is 23.5 Å². The van der Waals surface area contributed by atoms with E-state index in [-0.39, 0.29) is 17.7 Å². The summed E-state index contributed by atoms with van der Waals surface area (Å²) in [5.41, 5.74) is -0.478. The van der Waals surface area contributed by atoms with Crippen LogP contribution in [-0.4, -0.2) is 16.0 Å². The van der Waals surface area contributed by atoms with Gasteiger partial charge in [0.05, 0.1) is 5.69 Å². The van der Waals surface area contributed by atoms with Crippen molar-refractivity contribution in [2.24, 2.45) is 0 Å². The van der Waals surface area contributed by atoms with E-state index >= 15 is 0 Å². The third-order valence-corrected chi connectivity index (χ3v) is 3.84. The van der Waals surface area contributed by atoms with Crippen LogP contribution in [0.25, 0.3) is 11.3 Å². The van der Waals surface area contributed by atoms with E-state index in [9.17, 15) is 17.6 Å². The third-order valence-electron chi connectivity index (χ3n) is 3.84. The fraction of sp³-hybridized carbons (Fsp3) is 0.375. The first-order valence-corrected chi connectivity index (χ1v) is 7.40. The van der Waals surface area contributed by atoms with Crippen molar-refractivity contribution < 1.29 is 17.6 Å². The molecule has 2 aromatic rings. The smallest absolute Gasteiger partial charge is 0.351 e. The number of anilines is 1. The Kier molecular flexibility index (Phi) is 4.19. The van der Waals surface area contributed by atoms with Crippen LogP contribution in [0.3, 0.4) is 0 Å². The molecule has 23 heavy (non-hydrogen) atoms. The number of alkyl halides is 3. The fourth-order valence-corrected chi connectivity index (χ4v) is 2.68. The zero-order valence-corrected chi connectivity index (χ0v) is 12.2. The highest BCUT2D eigenvalue weighted by atomic mass is 19.4. The van der Waals surface area contributed by atoms with Crippen LogP contribution in [0.1, 0.15) is 31.4 Å². The lowest BCUT2D eigenvalue weighted by atomic mass is 10.1. The molecule has 0 aliphatic heterocycles. The number of nitrogens with zero attached hydrogens (tertiary/aromatic N) is 2. The minimum Gasteiger partial charge on any atom is -0.351 e. The molecule has 1 aliphatic rings. The van der Waals surface area contributed by atoms with Crippen LogP contribution in [0.5, 0.6) is 0 Å². The highest BCUT2D eigenvalue weighted by Gasteiger charge is 2.34. The van der Waals surface area contributed by atoms with Crippen molar-refractivity contribution in [1.29, 1.82) is 0 Å². The van der Waals surface area contributed by atoms with Crippen molar-refractivity contribution >= 4 is 5.95 Å². The Labute approximate surface area is 130 Å². The van der Waals surface area contributed by atoms with Gasteiger partial charge >= 0.3 is 6.18 Å². The molecule has 0 atom stereocenters. The van der Waals surface area contributed by atoms with Crippen LogP contribution < -0.4 is 5.32 Å². The molecule has 1 saturated carbocycles. The van der Waals surface area contributed by atoms with Gasteiger partial charge in [0.15, 0.2) is 5.69 Å². The van der Waals surface area contributed by atoms with Gasteiger partial charge in [-0.15, -0.1) is 0 Å². The van der Waals surface area contributed by atoms with Gasteiger partial charge in [0, 0.05) is 11.6 Å². The molecule has 7 heteroatoms. The van der Waals surface area contributed by atoms with E-state index in [4.69, 9.17) is 0 Å². The predicted molar refractivity (Wildman–Crippen MR) is 78.3 cm³/mol. The molecule has 0 amide bonds.